The second-order valence-corrected chi connectivity index (χ2v) is 5.86. The first-order valence-electron chi connectivity index (χ1n) is 7.16. The van der Waals surface area contributed by atoms with E-state index in [9.17, 15) is 4.79 Å². The van der Waals surface area contributed by atoms with Gasteiger partial charge in [-0.1, -0.05) is 12.5 Å². The number of fused-ring (bicyclic) bond motifs is 1. The molecule has 0 aromatic carbocycles. The number of nitrogens with two attached hydrogens (primary N) is 1. The van der Waals surface area contributed by atoms with E-state index in [1.807, 2.05) is 17.0 Å². The average Bonchev–Trinajstić information content (AvgIpc) is 2.85. The van der Waals surface area contributed by atoms with E-state index in [-0.39, 0.29) is 24.4 Å². The summed E-state index contributed by atoms with van der Waals surface area (Å²) in [6, 6.07) is 4.12. The Balaban J connectivity index is 0.00000147. The highest BCUT2D eigenvalue weighted by Crippen LogP contribution is 2.35. The summed E-state index contributed by atoms with van der Waals surface area (Å²) in [5.41, 5.74) is 7.18. The molecule has 5 heteroatoms. The monoisotopic (exact) mass is 295 g/mol. The molecule has 2 N–H and O–H groups in total. The number of pyridine rings is 1. The molecule has 2 heterocycles. The molecule has 1 aliphatic carbocycles. The molecule has 1 aliphatic heterocycles. The average molecular weight is 296 g/mol. The number of carbonyl (C=O) groups excluding carboxylic acids is 1. The predicted molar refractivity (Wildman–Crippen MR) is 80.6 cm³/mol. The molecular formula is C15H22ClN3O. The van der Waals surface area contributed by atoms with Crippen LogP contribution in [-0.4, -0.2) is 34.9 Å². The lowest BCUT2D eigenvalue weighted by Crippen LogP contribution is -2.38. The van der Waals surface area contributed by atoms with E-state index in [0.717, 1.165) is 25.1 Å². The number of carbonyl (C=O) groups is 1. The summed E-state index contributed by atoms with van der Waals surface area (Å²) in [5, 5.41) is 0. The number of halogens is 1. The van der Waals surface area contributed by atoms with E-state index in [2.05, 4.69) is 4.98 Å². The van der Waals surface area contributed by atoms with Crippen molar-refractivity contribution in [3.8, 4) is 0 Å². The molecule has 0 radical (unpaired) electrons. The van der Waals surface area contributed by atoms with Gasteiger partial charge < -0.3 is 10.6 Å². The molecule has 3 atom stereocenters. The van der Waals surface area contributed by atoms with Gasteiger partial charge in [-0.25, -0.2) is 0 Å². The summed E-state index contributed by atoms with van der Waals surface area (Å²) in [6.45, 7) is 1.75. The molecule has 1 saturated carbocycles. The van der Waals surface area contributed by atoms with Crippen molar-refractivity contribution in [2.24, 2.45) is 17.6 Å². The Morgan fingerprint density at radius 2 is 2.25 bits per heavy atom. The van der Waals surface area contributed by atoms with Gasteiger partial charge in [0, 0.05) is 31.5 Å². The number of aromatic nitrogens is 1. The highest BCUT2D eigenvalue weighted by Gasteiger charge is 2.40. The molecule has 2 aliphatic rings. The predicted octanol–water partition coefficient (Wildman–Crippen LogP) is 1.63. The van der Waals surface area contributed by atoms with Gasteiger partial charge in [-0.05, 0) is 36.3 Å². The maximum absolute atomic E-state index is 12.3. The van der Waals surface area contributed by atoms with Crippen molar-refractivity contribution in [3.63, 3.8) is 0 Å². The van der Waals surface area contributed by atoms with Crippen LogP contribution in [-0.2, 0) is 11.2 Å². The van der Waals surface area contributed by atoms with Gasteiger partial charge >= 0.3 is 0 Å². The first-order chi connectivity index (χ1) is 9.24. The Kier molecular flexibility index (Phi) is 5.00. The third-order valence-electron chi connectivity index (χ3n) is 4.58. The Morgan fingerprint density at radius 3 is 2.95 bits per heavy atom. The van der Waals surface area contributed by atoms with Crippen LogP contribution in [0.25, 0.3) is 0 Å². The summed E-state index contributed by atoms with van der Waals surface area (Å²) in [7, 11) is 0. The zero-order valence-corrected chi connectivity index (χ0v) is 12.4. The van der Waals surface area contributed by atoms with Crippen LogP contribution in [0.3, 0.4) is 0 Å². The minimum atomic E-state index is 0. The van der Waals surface area contributed by atoms with Crippen molar-refractivity contribution in [3.05, 3.63) is 30.1 Å². The van der Waals surface area contributed by atoms with E-state index in [4.69, 9.17) is 5.73 Å². The SMILES string of the molecule is Cl.NC1CCCC2CN(C(=O)Cc3cccnc3)CC12. The van der Waals surface area contributed by atoms with Crippen molar-refractivity contribution >= 4 is 18.3 Å². The highest BCUT2D eigenvalue weighted by atomic mass is 35.5. The standard InChI is InChI=1S/C15H21N3O.ClH/c16-14-5-1-4-12-9-18(10-13(12)14)15(19)7-11-3-2-6-17-8-11;/h2-3,6,8,12-14H,1,4-5,7,9-10,16H2;1H. The molecule has 0 bridgehead atoms. The smallest absolute Gasteiger partial charge is 0.227 e. The molecule has 3 rings (SSSR count). The van der Waals surface area contributed by atoms with E-state index in [1.165, 1.54) is 12.8 Å². The molecule has 20 heavy (non-hydrogen) atoms. The van der Waals surface area contributed by atoms with Crippen molar-refractivity contribution in [1.29, 1.82) is 0 Å². The topological polar surface area (TPSA) is 59.2 Å². The van der Waals surface area contributed by atoms with Crippen molar-refractivity contribution in [2.75, 3.05) is 13.1 Å². The molecular weight excluding hydrogens is 274 g/mol. The minimum Gasteiger partial charge on any atom is -0.342 e. The van der Waals surface area contributed by atoms with Crippen LogP contribution in [0.4, 0.5) is 0 Å². The second-order valence-electron chi connectivity index (χ2n) is 5.86. The van der Waals surface area contributed by atoms with Gasteiger partial charge in [-0.15, -0.1) is 12.4 Å². The Morgan fingerprint density at radius 1 is 1.40 bits per heavy atom. The third kappa shape index (κ3) is 3.13. The molecule has 1 aromatic heterocycles. The maximum atomic E-state index is 12.3. The van der Waals surface area contributed by atoms with Gasteiger partial charge in [0.1, 0.15) is 0 Å². The van der Waals surface area contributed by atoms with Crippen LogP contribution in [0.15, 0.2) is 24.5 Å². The minimum absolute atomic E-state index is 0. The fourth-order valence-corrected chi connectivity index (χ4v) is 3.51. The first-order valence-corrected chi connectivity index (χ1v) is 7.16. The summed E-state index contributed by atoms with van der Waals surface area (Å²) in [6.07, 6.45) is 7.53. The largest absolute Gasteiger partial charge is 0.342 e. The zero-order valence-electron chi connectivity index (χ0n) is 11.6. The van der Waals surface area contributed by atoms with Crippen LogP contribution in [0, 0.1) is 11.8 Å². The van der Waals surface area contributed by atoms with Crippen LogP contribution in [0.5, 0.6) is 0 Å². The number of likely N-dealkylation sites (tertiary alicyclic amines) is 1. The summed E-state index contributed by atoms with van der Waals surface area (Å²) >= 11 is 0. The van der Waals surface area contributed by atoms with Gasteiger partial charge in [0.15, 0.2) is 0 Å². The first kappa shape index (κ1) is 15.3. The van der Waals surface area contributed by atoms with Crippen molar-refractivity contribution < 1.29 is 4.79 Å². The Bertz CT molecular complexity index is 454. The molecule has 1 amide bonds. The fourth-order valence-electron chi connectivity index (χ4n) is 3.51. The number of hydrogen-bond donors (Lipinski definition) is 1. The van der Waals surface area contributed by atoms with Gasteiger partial charge in [-0.3, -0.25) is 9.78 Å². The van der Waals surface area contributed by atoms with E-state index in [0.29, 0.717) is 18.3 Å². The van der Waals surface area contributed by atoms with Crippen molar-refractivity contribution in [2.45, 2.75) is 31.7 Å². The highest BCUT2D eigenvalue weighted by molar-refractivity contribution is 5.85. The third-order valence-corrected chi connectivity index (χ3v) is 4.58. The molecule has 1 saturated heterocycles. The van der Waals surface area contributed by atoms with Crippen LogP contribution < -0.4 is 5.73 Å². The van der Waals surface area contributed by atoms with Gasteiger partial charge in [0.05, 0.1) is 6.42 Å². The lowest BCUT2D eigenvalue weighted by atomic mass is 9.78. The van der Waals surface area contributed by atoms with E-state index >= 15 is 0 Å². The normalized spacial score (nSPS) is 28.6. The maximum Gasteiger partial charge on any atom is 0.227 e. The fraction of sp³-hybridized carbons (Fsp3) is 0.600. The van der Waals surface area contributed by atoms with Gasteiger partial charge in [-0.2, -0.15) is 0 Å². The molecule has 3 unspecified atom stereocenters. The van der Waals surface area contributed by atoms with Crippen LogP contribution >= 0.6 is 12.4 Å². The molecule has 110 valence electrons. The zero-order chi connectivity index (χ0) is 13.2. The van der Waals surface area contributed by atoms with Gasteiger partial charge in [0.2, 0.25) is 5.91 Å². The number of rotatable bonds is 2. The summed E-state index contributed by atoms with van der Waals surface area (Å²) in [5.74, 6) is 1.36. The molecule has 4 nitrogen and oxygen atoms in total. The quantitative estimate of drug-likeness (QED) is 0.902. The molecule has 2 fully saturated rings. The number of amides is 1. The van der Waals surface area contributed by atoms with E-state index < -0.39 is 0 Å². The van der Waals surface area contributed by atoms with E-state index in [1.54, 1.807) is 12.4 Å². The second kappa shape index (κ2) is 6.55. The van der Waals surface area contributed by atoms with Crippen LogP contribution in [0.2, 0.25) is 0 Å². The summed E-state index contributed by atoms with van der Waals surface area (Å²) in [4.78, 5) is 18.4. The van der Waals surface area contributed by atoms with Gasteiger partial charge in [0.25, 0.3) is 0 Å². The lowest BCUT2D eigenvalue weighted by molar-refractivity contribution is -0.129. The Hall–Kier alpha value is -1.13. The number of nitrogens with zero attached hydrogens (tertiary/aromatic N) is 2. The Labute approximate surface area is 126 Å². The lowest BCUT2D eigenvalue weighted by Gasteiger charge is -2.29. The number of hydrogen-bond acceptors (Lipinski definition) is 3. The van der Waals surface area contributed by atoms with Crippen LogP contribution in [0.1, 0.15) is 24.8 Å². The summed E-state index contributed by atoms with van der Waals surface area (Å²) < 4.78 is 0. The van der Waals surface area contributed by atoms with Crippen molar-refractivity contribution in [1.82, 2.24) is 9.88 Å². The molecule has 1 aromatic rings. The molecule has 0 spiro atoms.